The predicted octanol–water partition coefficient (Wildman–Crippen LogP) is 2.28. The van der Waals surface area contributed by atoms with Crippen LogP contribution in [0, 0.1) is 6.92 Å². The largest absolute Gasteiger partial charge is 0.407 e. The summed E-state index contributed by atoms with van der Waals surface area (Å²) in [5, 5.41) is 3.21. The number of carbonyl (C=O) groups is 1. The quantitative estimate of drug-likeness (QED) is 0.642. The molecule has 1 aromatic heterocycles. The van der Waals surface area contributed by atoms with Crippen molar-refractivity contribution in [2.75, 3.05) is 45.1 Å². The fourth-order valence-electron chi connectivity index (χ4n) is 4.01. The number of carbonyl (C=O) groups excluding carboxylic acids is 1. The van der Waals surface area contributed by atoms with E-state index in [1.54, 1.807) is 6.07 Å². The molecule has 1 fully saturated rings. The third-order valence-corrected chi connectivity index (χ3v) is 7.66. The van der Waals surface area contributed by atoms with Crippen LogP contribution in [-0.2, 0) is 20.4 Å². The second kappa shape index (κ2) is 9.09. The van der Waals surface area contributed by atoms with E-state index in [2.05, 4.69) is 15.2 Å². The van der Waals surface area contributed by atoms with Crippen molar-refractivity contribution >= 4 is 27.6 Å². The maximum absolute atomic E-state index is 13.5. The van der Waals surface area contributed by atoms with Crippen LogP contribution in [0.15, 0.2) is 35.2 Å². The lowest BCUT2D eigenvalue weighted by Gasteiger charge is -2.31. The van der Waals surface area contributed by atoms with Gasteiger partial charge in [0, 0.05) is 32.2 Å². The number of aromatic nitrogens is 1. The molecule has 0 amide bonds. The number of anilines is 1. The van der Waals surface area contributed by atoms with Crippen LogP contribution >= 0.6 is 0 Å². The van der Waals surface area contributed by atoms with Gasteiger partial charge in [0.1, 0.15) is 0 Å². The highest BCUT2D eigenvalue weighted by Crippen LogP contribution is 2.39. The Morgan fingerprint density at radius 2 is 1.91 bits per heavy atom. The van der Waals surface area contributed by atoms with E-state index < -0.39 is 15.8 Å². The summed E-state index contributed by atoms with van der Waals surface area (Å²) >= 11 is 0. The number of nitrogens with zero attached hydrogens (tertiary/aromatic N) is 2. The molecule has 1 unspecified atom stereocenters. The molecule has 0 saturated carbocycles. The van der Waals surface area contributed by atoms with Crippen LogP contribution < -0.4 is 10.1 Å². The zero-order valence-corrected chi connectivity index (χ0v) is 19.5. The lowest BCUT2D eigenvalue weighted by Crippen LogP contribution is -2.46. The van der Waals surface area contributed by atoms with Crippen LogP contribution in [0.25, 0.3) is 6.08 Å². The third-order valence-electron chi connectivity index (χ3n) is 5.96. The van der Waals surface area contributed by atoms with Crippen LogP contribution in [0.5, 0.6) is 5.88 Å². The van der Waals surface area contributed by atoms with Gasteiger partial charge in [-0.3, -0.25) is 9.69 Å². The summed E-state index contributed by atoms with van der Waals surface area (Å²) in [5.74, 6) is -0.668. The average Bonchev–Trinajstić information content (AvgIpc) is 3.09. The smallest absolute Gasteiger partial charge is 0.326 e. The van der Waals surface area contributed by atoms with E-state index in [-0.39, 0.29) is 29.1 Å². The number of hydrogen-bond donors (Lipinski definition) is 2. The molecule has 0 bridgehead atoms. The van der Waals surface area contributed by atoms with Crippen LogP contribution in [0.4, 0.5) is 5.69 Å². The number of sulfone groups is 1. The monoisotopic (exact) mass is 458 g/mol. The van der Waals surface area contributed by atoms with Gasteiger partial charge in [0.05, 0.1) is 23.7 Å². The molecule has 2 aliphatic heterocycles. The first kappa shape index (κ1) is 22.6. The molecule has 2 aliphatic rings. The molecule has 3 heterocycles. The summed E-state index contributed by atoms with van der Waals surface area (Å²) in [6.45, 7) is 7.24. The molecular weight excluding hydrogens is 428 g/mol. The van der Waals surface area contributed by atoms with Gasteiger partial charge in [-0.1, -0.05) is 30.3 Å². The molecule has 4 rings (SSSR count). The lowest BCUT2D eigenvalue weighted by molar-refractivity contribution is -0.136. The van der Waals surface area contributed by atoms with Crippen molar-refractivity contribution in [3.63, 3.8) is 0 Å². The number of fused-ring (bicyclic) bond motifs is 1. The minimum Gasteiger partial charge on any atom is -0.407 e. The number of rotatable bonds is 6. The van der Waals surface area contributed by atoms with E-state index >= 15 is 0 Å². The van der Waals surface area contributed by atoms with Crippen LogP contribution in [0.1, 0.15) is 23.7 Å². The van der Waals surface area contributed by atoms with Gasteiger partial charge in [-0.15, -0.1) is 0 Å². The molecule has 2 N–H and O–H groups in total. The Kier molecular flexibility index (Phi) is 6.41. The second-order valence-electron chi connectivity index (χ2n) is 8.60. The standard InChI is InChI=1S/C23H30N4O4S/c1-16-6-4-5-7-18(16)15-32(29,30)22-21-19(9-8-17(2)24-21)25-23(22)31-20(28)14-27-12-10-26(3)11-13-27/h4-9,17,24-25H,10-15H2,1-3H3. The Morgan fingerprint density at radius 1 is 1.19 bits per heavy atom. The summed E-state index contributed by atoms with van der Waals surface area (Å²) in [4.78, 5) is 19.9. The van der Waals surface area contributed by atoms with Gasteiger partial charge in [0.15, 0.2) is 14.7 Å². The SMILES string of the molecule is Cc1ccccc1CS(=O)(=O)c1c(OC(=O)CN2CCN(C)CC2)[nH]c2c1NC(C)C=C2. The Bertz CT molecular complexity index is 1130. The molecule has 8 nitrogen and oxygen atoms in total. The number of hydrogen-bond acceptors (Lipinski definition) is 7. The van der Waals surface area contributed by atoms with E-state index in [0.29, 0.717) is 11.4 Å². The number of esters is 1. The summed E-state index contributed by atoms with van der Waals surface area (Å²) in [6, 6.07) is 7.35. The molecule has 1 aromatic carbocycles. The Balaban J connectivity index is 1.62. The number of aromatic amines is 1. The van der Waals surface area contributed by atoms with Crippen LogP contribution in [-0.4, -0.2) is 75.0 Å². The number of likely N-dealkylation sites (N-methyl/N-ethyl adjacent to an activating group) is 1. The molecule has 32 heavy (non-hydrogen) atoms. The van der Waals surface area contributed by atoms with Crippen molar-refractivity contribution < 1.29 is 17.9 Å². The molecule has 0 aliphatic carbocycles. The third kappa shape index (κ3) is 4.90. The summed E-state index contributed by atoms with van der Waals surface area (Å²) in [5.41, 5.74) is 2.66. The molecule has 1 atom stereocenters. The first-order valence-electron chi connectivity index (χ1n) is 10.8. The molecule has 0 spiro atoms. The highest BCUT2D eigenvalue weighted by Gasteiger charge is 2.32. The Morgan fingerprint density at radius 3 is 2.62 bits per heavy atom. The van der Waals surface area contributed by atoms with Crippen molar-refractivity contribution in [2.24, 2.45) is 0 Å². The van der Waals surface area contributed by atoms with Crippen molar-refractivity contribution in [1.29, 1.82) is 0 Å². The van der Waals surface area contributed by atoms with Crippen molar-refractivity contribution in [1.82, 2.24) is 14.8 Å². The van der Waals surface area contributed by atoms with E-state index in [1.165, 1.54) is 0 Å². The van der Waals surface area contributed by atoms with Crippen molar-refractivity contribution in [2.45, 2.75) is 30.5 Å². The topological polar surface area (TPSA) is 94.7 Å². The van der Waals surface area contributed by atoms with Crippen LogP contribution in [0.3, 0.4) is 0 Å². The normalized spacial score (nSPS) is 19.4. The number of aryl methyl sites for hydroxylation is 1. The number of nitrogens with one attached hydrogen (secondary N) is 2. The minimum atomic E-state index is -3.80. The molecular formula is C23H30N4O4S. The van der Waals surface area contributed by atoms with Gasteiger partial charge in [-0.05, 0) is 38.1 Å². The molecule has 172 valence electrons. The van der Waals surface area contributed by atoms with E-state index in [4.69, 9.17) is 4.74 Å². The lowest BCUT2D eigenvalue weighted by atomic mass is 10.1. The first-order chi connectivity index (χ1) is 15.2. The van der Waals surface area contributed by atoms with Crippen molar-refractivity contribution in [3.8, 4) is 5.88 Å². The number of piperazine rings is 1. The highest BCUT2D eigenvalue weighted by molar-refractivity contribution is 7.91. The van der Waals surface area contributed by atoms with Gasteiger partial charge >= 0.3 is 5.97 Å². The van der Waals surface area contributed by atoms with E-state index in [0.717, 1.165) is 37.3 Å². The van der Waals surface area contributed by atoms with E-state index in [1.807, 2.05) is 56.1 Å². The second-order valence-corrected chi connectivity index (χ2v) is 10.5. The maximum Gasteiger partial charge on any atom is 0.326 e. The van der Waals surface area contributed by atoms with Gasteiger partial charge in [0.2, 0.25) is 5.88 Å². The zero-order chi connectivity index (χ0) is 22.9. The van der Waals surface area contributed by atoms with Gasteiger partial charge in [-0.25, -0.2) is 8.42 Å². The van der Waals surface area contributed by atoms with E-state index in [9.17, 15) is 13.2 Å². The Labute approximate surface area is 189 Å². The molecule has 1 saturated heterocycles. The number of benzene rings is 1. The number of ether oxygens (including phenoxy) is 1. The Hall–Kier alpha value is -2.62. The summed E-state index contributed by atoms with van der Waals surface area (Å²) < 4.78 is 32.7. The summed E-state index contributed by atoms with van der Waals surface area (Å²) in [6.07, 6.45) is 3.74. The highest BCUT2D eigenvalue weighted by atomic mass is 32.2. The summed E-state index contributed by atoms with van der Waals surface area (Å²) in [7, 11) is -1.75. The molecule has 0 radical (unpaired) electrons. The first-order valence-corrected chi connectivity index (χ1v) is 12.5. The zero-order valence-electron chi connectivity index (χ0n) is 18.7. The maximum atomic E-state index is 13.5. The van der Waals surface area contributed by atoms with Gasteiger partial charge in [-0.2, -0.15) is 0 Å². The fourth-order valence-corrected chi connectivity index (χ4v) is 5.75. The van der Waals surface area contributed by atoms with Crippen LogP contribution in [0.2, 0.25) is 0 Å². The fraction of sp³-hybridized carbons (Fsp3) is 0.435. The molecule has 2 aromatic rings. The predicted molar refractivity (Wildman–Crippen MR) is 125 cm³/mol. The molecule has 9 heteroatoms. The van der Waals surface area contributed by atoms with Gasteiger partial charge in [0.25, 0.3) is 0 Å². The van der Waals surface area contributed by atoms with Crippen molar-refractivity contribution in [3.05, 3.63) is 47.2 Å². The van der Waals surface area contributed by atoms with Gasteiger partial charge < -0.3 is 19.9 Å². The minimum absolute atomic E-state index is 0.0127. The average molecular weight is 459 g/mol. The number of H-pyrrole nitrogens is 1.